The molecule has 3 atom stereocenters. The van der Waals surface area contributed by atoms with Crippen molar-refractivity contribution in [2.75, 3.05) is 25.0 Å². The summed E-state index contributed by atoms with van der Waals surface area (Å²) in [6.07, 6.45) is 5.34. The lowest BCUT2D eigenvalue weighted by molar-refractivity contribution is 0.224. The first-order chi connectivity index (χ1) is 9.28. The van der Waals surface area contributed by atoms with Crippen LogP contribution < -0.4 is 10.2 Å². The molecule has 0 aromatic heterocycles. The van der Waals surface area contributed by atoms with Crippen LogP contribution in [-0.2, 0) is 6.42 Å². The van der Waals surface area contributed by atoms with Crippen LogP contribution in [0.4, 0.5) is 5.69 Å². The van der Waals surface area contributed by atoms with Crippen molar-refractivity contribution in [2.24, 2.45) is 11.8 Å². The zero-order chi connectivity index (χ0) is 13.2. The van der Waals surface area contributed by atoms with Gasteiger partial charge in [-0.05, 0) is 56.2 Å². The van der Waals surface area contributed by atoms with Gasteiger partial charge in [0, 0.05) is 24.8 Å². The van der Waals surface area contributed by atoms with Crippen LogP contribution in [0.2, 0.25) is 0 Å². The summed E-state index contributed by atoms with van der Waals surface area (Å²) >= 11 is 0. The van der Waals surface area contributed by atoms with Gasteiger partial charge in [-0.3, -0.25) is 0 Å². The summed E-state index contributed by atoms with van der Waals surface area (Å²) in [5, 5.41) is 3.55. The second-order valence-electron chi connectivity index (χ2n) is 6.40. The fourth-order valence-corrected chi connectivity index (χ4v) is 3.96. The number of benzene rings is 1. The van der Waals surface area contributed by atoms with Crippen molar-refractivity contribution < 1.29 is 0 Å². The molecule has 0 bridgehead atoms. The number of anilines is 1. The average Bonchev–Trinajstić information content (AvgIpc) is 2.83. The molecule has 2 nitrogen and oxygen atoms in total. The molecule has 19 heavy (non-hydrogen) atoms. The maximum Gasteiger partial charge on any atom is 0.0399 e. The molecular formula is C17H26N2. The second-order valence-corrected chi connectivity index (χ2v) is 6.40. The summed E-state index contributed by atoms with van der Waals surface area (Å²) < 4.78 is 0. The number of fused-ring (bicyclic) bond motifs is 1. The van der Waals surface area contributed by atoms with Crippen molar-refractivity contribution in [3.8, 4) is 0 Å². The summed E-state index contributed by atoms with van der Waals surface area (Å²) in [6, 6.07) is 9.64. The van der Waals surface area contributed by atoms with Crippen LogP contribution in [0.3, 0.4) is 0 Å². The molecule has 0 radical (unpaired) electrons. The monoisotopic (exact) mass is 258 g/mol. The summed E-state index contributed by atoms with van der Waals surface area (Å²) in [7, 11) is 2.13. The van der Waals surface area contributed by atoms with Crippen LogP contribution in [0.15, 0.2) is 24.3 Å². The molecule has 3 rings (SSSR count). The Hall–Kier alpha value is -1.02. The van der Waals surface area contributed by atoms with Gasteiger partial charge < -0.3 is 10.2 Å². The lowest BCUT2D eigenvalue weighted by atomic mass is 9.78. The number of hydrogen-bond acceptors (Lipinski definition) is 2. The minimum atomic E-state index is 0.712. The van der Waals surface area contributed by atoms with Crippen LogP contribution >= 0.6 is 0 Å². The molecule has 0 saturated heterocycles. The van der Waals surface area contributed by atoms with E-state index in [2.05, 4.69) is 48.5 Å². The van der Waals surface area contributed by atoms with E-state index in [-0.39, 0.29) is 0 Å². The van der Waals surface area contributed by atoms with E-state index < -0.39 is 0 Å². The zero-order valence-corrected chi connectivity index (χ0v) is 12.2. The highest BCUT2D eigenvalue weighted by Crippen LogP contribution is 2.33. The van der Waals surface area contributed by atoms with E-state index in [1.165, 1.54) is 50.0 Å². The normalized spacial score (nSPS) is 30.4. The Morgan fingerprint density at radius 3 is 2.95 bits per heavy atom. The SMILES string of the molecule is CNC1CCC(C)CC1CN1CCc2ccccc21. The average molecular weight is 258 g/mol. The van der Waals surface area contributed by atoms with Gasteiger partial charge in [0.15, 0.2) is 0 Å². The largest absolute Gasteiger partial charge is 0.371 e. The first kappa shape index (κ1) is 13.0. The predicted molar refractivity (Wildman–Crippen MR) is 81.7 cm³/mol. The van der Waals surface area contributed by atoms with E-state index in [0.29, 0.717) is 6.04 Å². The Morgan fingerprint density at radius 2 is 2.11 bits per heavy atom. The zero-order valence-electron chi connectivity index (χ0n) is 12.2. The smallest absolute Gasteiger partial charge is 0.0399 e. The second kappa shape index (κ2) is 5.54. The van der Waals surface area contributed by atoms with Gasteiger partial charge in [0.2, 0.25) is 0 Å². The topological polar surface area (TPSA) is 15.3 Å². The molecule has 1 fully saturated rings. The third kappa shape index (κ3) is 2.64. The molecule has 1 aliphatic heterocycles. The van der Waals surface area contributed by atoms with Gasteiger partial charge in [-0.25, -0.2) is 0 Å². The first-order valence-electron chi connectivity index (χ1n) is 7.78. The summed E-state index contributed by atoms with van der Waals surface area (Å²) in [6.45, 7) is 4.85. The molecule has 1 N–H and O–H groups in total. The fraction of sp³-hybridized carbons (Fsp3) is 0.647. The molecule has 1 aromatic carbocycles. The summed E-state index contributed by atoms with van der Waals surface area (Å²) in [5.41, 5.74) is 3.02. The van der Waals surface area contributed by atoms with E-state index in [9.17, 15) is 0 Å². The highest BCUT2D eigenvalue weighted by atomic mass is 15.2. The molecule has 1 aromatic rings. The summed E-state index contributed by atoms with van der Waals surface area (Å²) in [5.74, 6) is 1.70. The van der Waals surface area contributed by atoms with Gasteiger partial charge >= 0.3 is 0 Å². The molecule has 3 unspecified atom stereocenters. The minimum absolute atomic E-state index is 0.712. The summed E-state index contributed by atoms with van der Waals surface area (Å²) in [4.78, 5) is 2.61. The van der Waals surface area contributed by atoms with Crippen molar-refractivity contribution in [1.82, 2.24) is 5.32 Å². The molecule has 104 valence electrons. The Balaban J connectivity index is 1.71. The van der Waals surface area contributed by atoms with Crippen LogP contribution in [0, 0.1) is 11.8 Å². The third-order valence-corrected chi connectivity index (χ3v) is 5.05. The lowest BCUT2D eigenvalue weighted by Crippen LogP contribution is -2.44. The van der Waals surface area contributed by atoms with Gasteiger partial charge in [0.25, 0.3) is 0 Å². The molecule has 2 aliphatic rings. The fourth-order valence-electron chi connectivity index (χ4n) is 3.96. The van der Waals surface area contributed by atoms with E-state index in [0.717, 1.165) is 11.8 Å². The number of para-hydroxylation sites is 1. The van der Waals surface area contributed by atoms with Gasteiger partial charge in [-0.2, -0.15) is 0 Å². The standard InChI is InChI=1S/C17H26N2/c1-13-7-8-16(18-2)15(11-13)12-19-10-9-14-5-3-4-6-17(14)19/h3-6,13,15-16,18H,7-12H2,1-2H3. The molecule has 2 heteroatoms. The molecule has 0 spiro atoms. The van der Waals surface area contributed by atoms with Gasteiger partial charge in [-0.1, -0.05) is 25.1 Å². The van der Waals surface area contributed by atoms with Crippen molar-refractivity contribution >= 4 is 5.69 Å². The maximum absolute atomic E-state index is 3.55. The molecular weight excluding hydrogens is 232 g/mol. The molecule has 1 aliphatic carbocycles. The van der Waals surface area contributed by atoms with Crippen molar-refractivity contribution in [1.29, 1.82) is 0 Å². The quantitative estimate of drug-likeness (QED) is 0.896. The van der Waals surface area contributed by atoms with Crippen molar-refractivity contribution in [3.63, 3.8) is 0 Å². The van der Waals surface area contributed by atoms with Crippen LogP contribution in [0.5, 0.6) is 0 Å². The number of rotatable bonds is 3. The highest BCUT2D eigenvalue weighted by molar-refractivity contribution is 5.57. The van der Waals surface area contributed by atoms with E-state index >= 15 is 0 Å². The highest BCUT2D eigenvalue weighted by Gasteiger charge is 2.30. The third-order valence-electron chi connectivity index (χ3n) is 5.05. The van der Waals surface area contributed by atoms with E-state index in [1.807, 2.05) is 0 Å². The van der Waals surface area contributed by atoms with Gasteiger partial charge in [0.1, 0.15) is 0 Å². The van der Waals surface area contributed by atoms with Crippen LogP contribution in [0.25, 0.3) is 0 Å². The Bertz CT molecular complexity index is 429. The van der Waals surface area contributed by atoms with Crippen molar-refractivity contribution in [2.45, 2.75) is 38.6 Å². The Labute approximate surface area is 117 Å². The van der Waals surface area contributed by atoms with Crippen LogP contribution in [0.1, 0.15) is 31.7 Å². The predicted octanol–water partition coefficient (Wildman–Crippen LogP) is 3.07. The molecule has 1 saturated carbocycles. The number of hydrogen-bond donors (Lipinski definition) is 1. The minimum Gasteiger partial charge on any atom is -0.371 e. The molecule has 1 heterocycles. The first-order valence-corrected chi connectivity index (χ1v) is 7.78. The Kier molecular flexibility index (Phi) is 3.79. The van der Waals surface area contributed by atoms with Crippen LogP contribution in [-0.4, -0.2) is 26.2 Å². The van der Waals surface area contributed by atoms with E-state index in [4.69, 9.17) is 0 Å². The van der Waals surface area contributed by atoms with E-state index in [1.54, 1.807) is 0 Å². The van der Waals surface area contributed by atoms with Crippen molar-refractivity contribution in [3.05, 3.63) is 29.8 Å². The lowest BCUT2D eigenvalue weighted by Gasteiger charge is -2.37. The van der Waals surface area contributed by atoms with Gasteiger partial charge in [0.05, 0.1) is 0 Å². The Morgan fingerprint density at radius 1 is 1.26 bits per heavy atom. The number of nitrogens with zero attached hydrogens (tertiary/aromatic N) is 1. The maximum atomic E-state index is 3.55. The molecule has 0 amide bonds. The number of nitrogens with one attached hydrogen (secondary N) is 1. The van der Waals surface area contributed by atoms with Gasteiger partial charge in [-0.15, -0.1) is 0 Å².